The van der Waals surface area contributed by atoms with E-state index in [0.717, 1.165) is 5.69 Å². The number of halogens is 1. The molecule has 0 unspecified atom stereocenters. The van der Waals surface area contributed by atoms with E-state index < -0.39 is 0 Å². The molecule has 0 bridgehead atoms. The van der Waals surface area contributed by atoms with Crippen LogP contribution in [0.1, 0.15) is 13.8 Å². The number of benzene rings is 1. The van der Waals surface area contributed by atoms with Crippen LogP contribution in [0.3, 0.4) is 0 Å². The fourth-order valence-electron chi connectivity index (χ4n) is 1.28. The Labute approximate surface area is 95.0 Å². The van der Waals surface area contributed by atoms with Crippen LogP contribution >= 0.6 is 11.6 Å². The quantitative estimate of drug-likeness (QED) is 0.844. The van der Waals surface area contributed by atoms with Crippen molar-refractivity contribution >= 4 is 23.3 Å². The molecule has 0 aliphatic rings. The Morgan fingerprint density at radius 1 is 1.40 bits per heavy atom. The van der Waals surface area contributed by atoms with Crippen molar-refractivity contribution in [1.29, 1.82) is 0 Å². The average Bonchev–Trinajstić information content (AvgIpc) is 2.19. The Kier molecular flexibility index (Phi) is 4.43. The van der Waals surface area contributed by atoms with E-state index in [1.54, 1.807) is 23.1 Å². The minimum absolute atomic E-state index is 0.0951. The van der Waals surface area contributed by atoms with Gasteiger partial charge < -0.3 is 10.2 Å². The Morgan fingerprint density at radius 2 is 2.07 bits per heavy atom. The van der Waals surface area contributed by atoms with Crippen molar-refractivity contribution in [3.63, 3.8) is 0 Å². The Bertz CT molecular complexity index is 337. The summed E-state index contributed by atoms with van der Waals surface area (Å²) in [6, 6.07) is 7.02. The first-order chi connectivity index (χ1) is 7.17. The fraction of sp³-hybridized carbons (Fsp3) is 0.364. The van der Waals surface area contributed by atoms with Crippen LogP contribution in [0.5, 0.6) is 0 Å². The molecular weight excluding hydrogens is 212 g/mol. The van der Waals surface area contributed by atoms with Gasteiger partial charge in [-0.15, -0.1) is 0 Å². The first-order valence-electron chi connectivity index (χ1n) is 4.98. The molecule has 2 amide bonds. The van der Waals surface area contributed by atoms with Crippen molar-refractivity contribution in [2.45, 2.75) is 13.8 Å². The van der Waals surface area contributed by atoms with E-state index in [4.69, 9.17) is 11.6 Å². The molecule has 0 saturated heterocycles. The highest BCUT2D eigenvalue weighted by Gasteiger charge is 2.08. The molecule has 0 heterocycles. The topological polar surface area (TPSA) is 32.3 Å². The molecule has 0 saturated carbocycles. The van der Waals surface area contributed by atoms with Gasteiger partial charge in [0.25, 0.3) is 0 Å². The van der Waals surface area contributed by atoms with Gasteiger partial charge in [-0.25, -0.2) is 4.79 Å². The number of carbonyl (C=O) groups is 1. The van der Waals surface area contributed by atoms with Crippen molar-refractivity contribution in [1.82, 2.24) is 4.90 Å². The van der Waals surface area contributed by atoms with Crippen LogP contribution in [0, 0.1) is 0 Å². The molecule has 1 aromatic carbocycles. The van der Waals surface area contributed by atoms with E-state index in [1.807, 2.05) is 19.9 Å². The van der Waals surface area contributed by atoms with Gasteiger partial charge in [0.05, 0.1) is 0 Å². The van der Waals surface area contributed by atoms with Crippen molar-refractivity contribution in [3.05, 3.63) is 29.3 Å². The van der Waals surface area contributed by atoms with E-state index in [1.165, 1.54) is 0 Å². The molecule has 0 aromatic heterocycles. The zero-order valence-electron chi connectivity index (χ0n) is 8.96. The molecule has 0 spiro atoms. The summed E-state index contributed by atoms with van der Waals surface area (Å²) in [5.41, 5.74) is 0.722. The van der Waals surface area contributed by atoms with Crippen molar-refractivity contribution < 1.29 is 4.79 Å². The highest BCUT2D eigenvalue weighted by atomic mass is 35.5. The third kappa shape index (κ3) is 3.44. The summed E-state index contributed by atoms with van der Waals surface area (Å²) in [4.78, 5) is 13.4. The number of anilines is 1. The van der Waals surface area contributed by atoms with Gasteiger partial charge in [-0.05, 0) is 32.0 Å². The predicted molar refractivity (Wildman–Crippen MR) is 63.4 cm³/mol. The molecule has 1 aromatic rings. The second kappa shape index (κ2) is 5.61. The van der Waals surface area contributed by atoms with Crippen LogP contribution in [0.15, 0.2) is 24.3 Å². The first kappa shape index (κ1) is 11.9. The lowest BCUT2D eigenvalue weighted by Gasteiger charge is -2.19. The lowest BCUT2D eigenvalue weighted by molar-refractivity contribution is 0.217. The SMILES string of the molecule is CCN(CC)C(=O)Nc1cccc(Cl)c1. The van der Waals surface area contributed by atoms with Gasteiger partial charge in [0.15, 0.2) is 0 Å². The molecule has 1 rings (SSSR count). The van der Waals surface area contributed by atoms with Crippen LogP contribution in [0.25, 0.3) is 0 Å². The lowest BCUT2D eigenvalue weighted by Crippen LogP contribution is -2.34. The Morgan fingerprint density at radius 3 is 2.60 bits per heavy atom. The van der Waals surface area contributed by atoms with Crippen LogP contribution in [-0.4, -0.2) is 24.0 Å². The second-order valence-corrected chi connectivity index (χ2v) is 3.55. The van der Waals surface area contributed by atoms with Gasteiger partial charge in [0, 0.05) is 23.8 Å². The summed E-state index contributed by atoms with van der Waals surface area (Å²) >= 11 is 5.81. The maximum absolute atomic E-state index is 11.7. The standard InChI is InChI=1S/C11H15ClN2O/c1-3-14(4-2)11(15)13-10-7-5-6-9(12)8-10/h5-8H,3-4H2,1-2H3,(H,13,15). The number of carbonyl (C=O) groups excluding carboxylic acids is 1. The van der Waals surface area contributed by atoms with E-state index in [-0.39, 0.29) is 6.03 Å². The van der Waals surface area contributed by atoms with E-state index in [9.17, 15) is 4.79 Å². The molecule has 0 aliphatic carbocycles. The maximum atomic E-state index is 11.7. The zero-order chi connectivity index (χ0) is 11.3. The number of nitrogens with one attached hydrogen (secondary N) is 1. The molecule has 3 nitrogen and oxygen atoms in total. The van der Waals surface area contributed by atoms with E-state index >= 15 is 0 Å². The summed E-state index contributed by atoms with van der Waals surface area (Å²) in [6.45, 7) is 5.29. The summed E-state index contributed by atoms with van der Waals surface area (Å²) in [5.74, 6) is 0. The minimum Gasteiger partial charge on any atom is -0.325 e. The van der Waals surface area contributed by atoms with Gasteiger partial charge in [0.1, 0.15) is 0 Å². The van der Waals surface area contributed by atoms with E-state index in [0.29, 0.717) is 18.1 Å². The van der Waals surface area contributed by atoms with Gasteiger partial charge in [0.2, 0.25) is 0 Å². The first-order valence-corrected chi connectivity index (χ1v) is 5.36. The molecule has 0 fully saturated rings. The fourth-order valence-corrected chi connectivity index (χ4v) is 1.47. The van der Waals surface area contributed by atoms with E-state index in [2.05, 4.69) is 5.32 Å². The molecule has 15 heavy (non-hydrogen) atoms. The molecular formula is C11H15ClN2O. The van der Waals surface area contributed by atoms with Gasteiger partial charge in [-0.2, -0.15) is 0 Å². The number of rotatable bonds is 3. The zero-order valence-corrected chi connectivity index (χ0v) is 9.71. The highest BCUT2D eigenvalue weighted by Crippen LogP contribution is 2.15. The molecule has 0 radical (unpaired) electrons. The van der Waals surface area contributed by atoms with Crippen LogP contribution in [-0.2, 0) is 0 Å². The number of amides is 2. The molecule has 0 atom stereocenters. The normalized spacial score (nSPS) is 9.80. The third-order valence-corrected chi connectivity index (χ3v) is 2.36. The maximum Gasteiger partial charge on any atom is 0.321 e. The Hall–Kier alpha value is -1.22. The molecule has 4 heteroatoms. The smallest absolute Gasteiger partial charge is 0.321 e. The van der Waals surface area contributed by atoms with Gasteiger partial charge >= 0.3 is 6.03 Å². The van der Waals surface area contributed by atoms with Crippen LogP contribution in [0.4, 0.5) is 10.5 Å². The third-order valence-electron chi connectivity index (χ3n) is 2.13. The largest absolute Gasteiger partial charge is 0.325 e. The number of hydrogen-bond acceptors (Lipinski definition) is 1. The molecule has 1 N–H and O–H groups in total. The number of hydrogen-bond donors (Lipinski definition) is 1. The summed E-state index contributed by atoms with van der Waals surface area (Å²) < 4.78 is 0. The predicted octanol–water partition coefficient (Wildman–Crippen LogP) is 3.21. The lowest BCUT2D eigenvalue weighted by atomic mass is 10.3. The van der Waals surface area contributed by atoms with Crippen LogP contribution in [0.2, 0.25) is 5.02 Å². The minimum atomic E-state index is -0.0951. The highest BCUT2D eigenvalue weighted by molar-refractivity contribution is 6.30. The summed E-state index contributed by atoms with van der Waals surface area (Å²) in [5, 5.41) is 3.41. The van der Waals surface area contributed by atoms with Crippen LogP contribution < -0.4 is 5.32 Å². The molecule has 82 valence electrons. The van der Waals surface area contributed by atoms with Crippen molar-refractivity contribution in [3.8, 4) is 0 Å². The average molecular weight is 227 g/mol. The summed E-state index contributed by atoms with van der Waals surface area (Å²) in [6.07, 6.45) is 0. The van der Waals surface area contributed by atoms with Gasteiger partial charge in [-0.3, -0.25) is 0 Å². The van der Waals surface area contributed by atoms with Crippen molar-refractivity contribution in [2.24, 2.45) is 0 Å². The summed E-state index contributed by atoms with van der Waals surface area (Å²) in [7, 11) is 0. The number of urea groups is 1. The Balaban J connectivity index is 2.65. The van der Waals surface area contributed by atoms with Gasteiger partial charge in [-0.1, -0.05) is 17.7 Å². The van der Waals surface area contributed by atoms with Crippen molar-refractivity contribution in [2.75, 3.05) is 18.4 Å². The number of nitrogens with zero attached hydrogens (tertiary/aromatic N) is 1. The molecule has 0 aliphatic heterocycles. The second-order valence-electron chi connectivity index (χ2n) is 3.11. The monoisotopic (exact) mass is 226 g/mol.